The molecule has 2 aromatic rings. The third-order valence-electron chi connectivity index (χ3n) is 9.62. The molecule has 2 aromatic carbocycles. The molecule has 6 nitrogen and oxygen atoms in total. The van der Waals surface area contributed by atoms with Gasteiger partial charge in [0.25, 0.3) is 0 Å². The summed E-state index contributed by atoms with van der Waals surface area (Å²) in [5.74, 6) is 1.01. The normalized spacial score (nSPS) is 33.2. The van der Waals surface area contributed by atoms with E-state index < -0.39 is 24.2 Å². The number of fused-ring (bicyclic) bond motifs is 2. The van der Waals surface area contributed by atoms with Gasteiger partial charge in [-0.3, -0.25) is 9.63 Å². The zero-order valence-corrected chi connectivity index (χ0v) is 23.0. The standard InChI is InChI=1S/C32H42N2O4/c1-20-26-16-25(32(26,3)4)17-27(20)33-31(37)30-29(21(2)36)28(19-35)38-34(30)18-24-12-8-11-23(15-24)14-13-22-9-6-5-7-10-22/h5-15,20-21,25-30,35-36H,16-19H2,1-4H3,(H,33,37)/b14-13+/t20-,21-,25+,26-,27-,28-,29+,30-/m0/s1. The molecule has 8 atom stereocenters. The Labute approximate surface area is 226 Å². The Kier molecular flexibility index (Phi) is 7.79. The van der Waals surface area contributed by atoms with Crippen LogP contribution in [-0.4, -0.2) is 52.1 Å². The number of aliphatic hydroxyl groups is 2. The average Bonchev–Trinajstić information content (AvgIpc) is 3.27. The van der Waals surface area contributed by atoms with E-state index in [0.29, 0.717) is 29.7 Å². The first kappa shape index (κ1) is 27.1. The van der Waals surface area contributed by atoms with E-state index in [9.17, 15) is 15.0 Å². The van der Waals surface area contributed by atoms with Gasteiger partial charge in [-0.05, 0) is 59.6 Å². The molecule has 3 N–H and O–H groups in total. The second-order valence-corrected chi connectivity index (χ2v) is 12.2. The van der Waals surface area contributed by atoms with Gasteiger partial charge >= 0.3 is 0 Å². The summed E-state index contributed by atoms with van der Waals surface area (Å²) < 4.78 is 0. The summed E-state index contributed by atoms with van der Waals surface area (Å²) in [6, 6.07) is 17.7. The zero-order valence-electron chi connectivity index (χ0n) is 23.0. The fourth-order valence-electron chi connectivity index (χ4n) is 7.22. The third kappa shape index (κ3) is 5.20. The number of aliphatic hydroxyl groups excluding tert-OH is 2. The molecule has 6 rings (SSSR count). The van der Waals surface area contributed by atoms with E-state index >= 15 is 0 Å². The quantitative estimate of drug-likeness (QED) is 0.448. The van der Waals surface area contributed by atoms with Crippen LogP contribution in [0, 0.1) is 29.1 Å². The summed E-state index contributed by atoms with van der Waals surface area (Å²) >= 11 is 0. The van der Waals surface area contributed by atoms with Crippen molar-refractivity contribution in [3.05, 3.63) is 71.3 Å². The summed E-state index contributed by atoms with van der Waals surface area (Å²) in [7, 11) is 0. The number of carbonyl (C=O) groups is 1. The van der Waals surface area contributed by atoms with Crippen LogP contribution < -0.4 is 5.32 Å². The molecule has 1 aliphatic heterocycles. The van der Waals surface area contributed by atoms with Gasteiger partial charge in [-0.1, -0.05) is 87.5 Å². The van der Waals surface area contributed by atoms with Gasteiger partial charge in [-0.25, -0.2) is 0 Å². The van der Waals surface area contributed by atoms with Crippen LogP contribution in [0.3, 0.4) is 0 Å². The minimum atomic E-state index is -0.802. The van der Waals surface area contributed by atoms with Crippen molar-refractivity contribution in [2.24, 2.45) is 29.1 Å². The highest BCUT2D eigenvalue weighted by atomic mass is 16.7. The van der Waals surface area contributed by atoms with Crippen LogP contribution in [0.2, 0.25) is 0 Å². The van der Waals surface area contributed by atoms with E-state index in [1.165, 1.54) is 6.42 Å². The molecule has 2 bridgehead atoms. The minimum Gasteiger partial charge on any atom is -0.394 e. The van der Waals surface area contributed by atoms with Gasteiger partial charge in [0.15, 0.2) is 0 Å². The molecule has 4 aliphatic rings. The van der Waals surface area contributed by atoms with Gasteiger partial charge in [0, 0.05) is 12.0 Å². The predicted molar refractivity (Wildman–Crippen MR) is 149 cm³/mol. The molecule has 3 saturated carbocycles. The largest absolute Gasteiger partial charge is 0.394 e. The molecule has 3 aliphatic carbocycles. The van der Waals surface area contributed by atoms with Crippen molar-refractivity contribution in [3.63, 3.8) is 0 Å². The van der Waals surface area contributed by atoms with Crippen LogP contribution >= 0.6 is 0 Å². The Balaban J connectivity index is 1.33. The highest BCUT2D eigenvalue weighted by molar-refractivity contribution is 5.83. The number of hydrogen-bond acceptors (Lipinski definition) is 5. The Morgan fingerprint density at radius 2 is 1.84 bits per heavy atom. The van der Waals surface area contributed by atoms with Crippen LogP contribution in [0.1, 0.15) is 57.2 Å². The topological polar surface area (TPSA) is 82.0 Å². The number of carbonyl (C=O) groups excluding carboxylic acids is 1. The number of benzene rings is 2. The zero-order chi connectivity index (χ0) is 27.0. The van der Waals surface area contributed by atoms with E-state index in [0.717, 1.165) is 23.1 Å². The van der Waals surface area contributed by atoms with Gasteiger partial charge in [0.2, 0.25) is 5.91 Å². The van der Waals surface area contributed by atoms with Gasteiger partial charge in [0.05, 0.1) is 19.3 Å². The van der Waals surface area contributed by atoms with E-state index in [1.54, 1.807) is 12.0 Å². The monoisotopic (exact) mass is 518 g/mol. The summed E-state index contributed by atoms with van der Waals surface area (Å²) in [5.41, 5.74) is 3.51. The fraction of sp³-hybridized carbons (Fsp3) is 0.531. The molecule has 1 amide bonds. The summed E-state index contributed by atoms with van der Waals surface area (Å²) in [4.78, 5) is 19.9. The lowest BCUT2D eigenvalue weighted by Crippen LogP contribution is -2.62. The van der Waals surface area contributed by atoms with Crippen LogP contribution in [0.5, 0.6) is 0 Å². The molecule has 0 radical (unpaired) electrons. The van der Waals surface area contributed by atoms with Crippen LogP contribution in [0.4, 0.5) is 0 Å². The van der Waals surface area contributed by atoms with Crippen molar-refractivity contribution in [2.75, 3.05) is 6.61 Å². The Hall–Kier alpha value is -2.51. The van der Waals surface area contributed by atoms with E-state index in [1.807, 2.05) is 36.4 Å². The smallest absolute Gasteiger partial charge is 0.240 e. The lowest BCUT2D eigenvalue weighted by Gasteiger charge is -2.62. The van der Waals surface area contributed by atoms with Crippen LogP contribution in [0.25, 0.3) is 12.2 Å². The number of rotatable bonds is 8. The van der Waals surface area contributed by atoms with Crippen molar-refractivity contribution in [2.45, 2.75) is 71.4 Å². The van der Waals surface area contributed by atoms with Crippen molar-refractivity contribution in [1.82, 2.24) is 10.4 Å². The second-order valence-electron chi connectivity index (χ2n) is 12.2. The van der Waals surface area contributed by atoms with E-state index in [4.69, 9.17) is 4.84 Å². The molecule has 0 unspecified atom stereocenters. The fourth-order valence-corrected chi connectivity index (χ4v) is 7.22. The number of hydroxylamine groups is 2. The summed E-state index contributed by atoms with van der Waals surface area (Å²) in [6.45, 7) is 8.76. The third-order valence-corrected chi connectivity index (χ3v) is 9.62. The van der Waals surface area contributed by atoms with E-state index in [2.05, 4.69) is 56.4 Å². The predicted octanol–water partition coefficient (Wildman–Crippen LogP) is 4.52. The maximum atomic E-state index is 13.8. The lowest BCUT2D eigenvalue weighted by atomic mass is 9.45. The Morgan fingerprint density at radius 3 is 2.50 bits per heavy atom. The van der Waals surface area contributed by atoms with E-state index in [-0.39, 0.29) is 18.6 Å². The molecule has 38 heavy (non-hydrogen) atoms. The second kappa shape index (κ2) is 10.9. The van der Waals surface area contributed by atoms with Crippen LogP contribution in [0.15, 0.2) is 54.6 Å². The lowest BCUT2D eigenvalue weighted by molar-refractivity contribution is -0.183. The molecule has 0 spiro atoms. The Morgan fingerprint density at radius 1 is 1.13 bits per heavy atom. The van der Waals surface area contributed by atoms with Gasteiger partial charge in [-0.15, -0.1) is 0 Å². The van der Waals surface area contributed by atoms with Gasteiger partial charge < -0.3 is 15.5 Å². The molecule has 6 heteroatoms. The van der Waals surface area contributed by atoms with Crippen molar-refractivity contribution >= 4 is 18.1 Å². The highest BCUT2D eigenvalue weighted by Gasteiger charge is 2.57. The van der Waals surface area contributed by atoms with Crippen molar-refractivity contribution < 1.29 is 19.8 Å². The molecule has 1 heterocycles. The molecule has 1 saturated heterocycles. The van der Waals surface area contributed by atoms with Crippen LogP contribution in [-0.2, 0) is 16.2 Å². The Bertz CT molecular complexity index is 1150. The molecular weight excluding hydrogens is 476 g/mol. The first-order valence-corrected chi connectivity index (χ1v) is 14.0. The molecule has 4 fully saturated rings. The SMILES string of the molecule is C[C@@H]1[C@@H](NC(=O)[C@@H]2[C@H]([C@H](C)O)[C@H](CO)ON2Cc2cccc(/C=C/c3ccccc3)c2)C[C@H]2C[C@@H]1C2(C)C. The number of nitrogens with zero attached hydrogens (tertiary/aromatic N) is 1. The summed E-state index contributed by atoms with van der Waals surface area (Å²) in [5, 5.41) is 25.7. The number of nitrogens with one attached hydrogen (secondary N) is 1. The highest BCUT2D eigenvalue weighted by Crippen LogP contribution is 2.61. The maximum absolute atomic E-state index is 13.8. The average molecular weight is 519 g/mol. The molecule has 0 aromatic heterocycles. The molecular formula is C32H42N2O4. The number of amides is 1. The summed E-state index contributed by atoms with van der Waals surface area (Å²) in [6.07, 6.45) is 4.94. The number of hydrogen-bond donors (Lipinski definition) is 3. The minimum absolute atomic E-state index is 0.121. The van der Waals surface area contributed by atoms with Crippen molar-refractivity contribution in [3.8, 4) is 0 Å². The van der Waals surface area contributed by atoms with Gasteiger partial charge in [0.1, 0.15) is 12.1 Å². The maximum Gasteiger partial charge on any atom is 0.240 e. The first-order valence-electron chi connectivity index (χ1n) is 14.0. The molecule has 204 valence electrons. The van der Waals surface area contributed by atoms with Crippen molar-refractivity contribution in [1.29, 1.82) is 0 Å². The van der Waals surface area contributed by atoms with Gasteiger partial charge in [-0.2, -0.15) is 5.06 Å². The first-order chi connectivity index (χ1) is 18.2.